The van der Waals surface area contributed by atoms with E-state index in [0.29, 0.717) is 24.0 Å². The van der Waals surface area contributed by atoms with Gasteiger partial charge in [0.25, 0.3) is 0 Å². The molecule has 0 aromatic heterocycles. The van der Waals surface area contributed by atoms with Crippen molar-refractivity contribution in [2.45, 2.75) is 91.9 Å². The summed E-state index contributed by atoms with van der Waals surface area (Å²) in [6, 6.07) is 0. The van der Waals surface area contributed by atoms with Gasteiger partial charge in [-0.05, 0) is 18.8 Å². The molecule has 0 aromatic rings. The molecule has 0 amide bonds. The summed E-state index contributed by atoms with van der Waals surface area (Å²) in [5.74, 6) is 0.780. The van der Waals surface area contributed by atoms with Gasteiger partial charge in [0.1, 0.15) is 0 Å². The fraction of sp³-hybridized carbons (Fsp3) is 0.850. The monoisotopic (exact) mass is 310 g/mol. The Kier molecular flexibility index (Phi) is 13.3. The highest BCUT2D eigenvalue weighted by molar-refractivity contribution is 5.86. The van der Waals surface area contributed by atoms with E-state index >= 15 is 0 Å². The summed E-state index contributed by atoms with van der Waals surface area (Å²) in [6.07, 6.45) is 13.6. The van der Waals surface area contributed by atoms with Crippen LogP contribution in [0.2, 0.25) is 0 Å². The van der Waals surface area contributed by atoms with Crippen LogP contribution in [0, 0.1) is 11.8 Å². The van der Waals surface area contributed by atoms with Crippen LogP contribution >= 0.6 is 0 Å². The van der Waals surface area contributed by atoms with Crippen molar-refractivity contribution in [3.63, 3.8) is 0 Å². The van der Waals surface area contributed by atoms with E-state index in [1.807, 2.05) is 0 Å². The lowest BCUT2D eigenvalue weighted by Crippen LogP contribution is -2.18. The molecule has 0 aliphatic heterocycles. The van der Waals surface area contributed by atoms with Gasteiger partial charge in [-0.2, -0.15) is 0 Å². The fourth-order valence-corrected chi connectivity index (χ4v) is 2.56. The lowest BCUT2D eigenvalue weighted by molar-refractivity contribution is -0.140. The minimum atomic E-state index is -0.262. The molecular formula is C20H38O2. The molecule has 2 unspecified atom stereocenters. The molecule has 2 nitrogen and oxygen atoms in total. The number of hydrogen-bond donors (Lipinski definition) is 0. The Bertz CT molecular complexity index is 296. The van der Waals surface area contributed by atoms with Crippen LogP contribution in [0.3, 0.4) is 0 Å². The first-order chi connectivity index (χ1) is 10.5. The Labute approximate surface area is 138 Å². The van der Waals surface area contributed by atoms with Crippen LogP contribution < -0.4 is 0 Å². The second-order valence-electron chi connectivity index (χ2n) is 6.95. The number of unbranched alkanes of at least 4 members (excludes halogenated alkanes) is 8. The summed E-state index contributed by atoms with van der Waals surface area (Å²) in [5, 5.41) is 0. The Morgan fingerprint density at radius 1 is 0.909 bits per heavy atom. The van der Waals surface area contributed by atoms with Crippen LogP contribution in [0.25, 0.3) is 0 Å². The molecule has 130 valence electrons. The van der Waals surface area contributed by atoms with Crippen LogP contribution in [0.15, 0.2) is 12.2 Å². The lowest BCUT2D eigenvalue weighted by Gasteiger charge is -2.19. The summed E-state index contributed by atoms with van der Waals surface area (Å²) in [5.41, 5.74) is 0.485. The third kappa shape index (κ3) is 11.8. The van der Waals surface area contributed by atoms with Gasteiger partial charge >= 0.3 is 5.97 Å². The maximum atomic E-state index is 11.4. The van der Waals surface area contributed by atoms with E-state index < -0.39 is 0 Å². The van der Waals surface area contributed by atoms with Crippen molar-refractivity contribution in [1.29, 1.82) is 0 Å². The highest BCUT2D eigenvalue weighted by Crippen LogP contribution is 2.20. The number of esters is 1. The molecule has 0 bridgehead atoms. The molecular weight excluding hydrogens is 272 g/mol. The van der Waals surface area contributed by atoms with Crippen LogP contribution in [0.1, 0.15) is 91.9 Å². The largest absolute Gasteiger partial charge is 0.462 e. The van der Waals surface area contributed by atoms with Crippen LogP contribution in [0.5, 0.6) is 0 Å². The van der Waals surface area contributed by atoms with Crippen molar-refractivity contribution >= 4 is 5.97 Å². The smallest absolute Gasteiger partial charge is 0.333 e. The second-order valence-corrected chi connectivity index (χ2v) is 6.95. The zero-order chi connectivity index (χ0) is 16.8. The molecule has 0 saturated carbocycles. The van der Waals surface area contributed by atoms with Gasteiger partial charge in [-0.3, -0.25) is 0 Å². The normalized spacial score (nSPS) is 13.6. The second kappa shape index (κ2) is 13.8. The predicted octanol–water partition coefficient (Wildman–Crippen LogP) is 6.30. The molecule has 2 atom stereocenters. The third-order valence-corrected chi connectivity index (χ3v) is 4.56. The molecule has 0 aliphatic carbocycles. The molecule has 2 heteroatoms. The van der Waals surface area contributed by atoms with Gasteiger partial charge in [0.05, 0.1) is 6.61 Å². The average Bonchev–Trinajstić information content (AvgIpc) is 2.50. The first-order valence-corrected chi connectivity index (χ1v) is 9.31. The van der Waals surface area contributed by atoms with Gasteiger partial charge < -0.3 is 4.74 Å². The van der Waals surface area contributed by atoms with Gasteiger partial charge in [0, 0.05) is 5.57 Å². The van der Waals surface area contributed by atoms with Crippen molar-refractivity contribution in [2.75, 3.05) is 6.61 Å². The van der Waals surface area contributed by atoms with E-state index in [9.17, 15) is 4.79 Å². The highest BCUT2D eigenvalue weighted by atomic mass is 16.5. The molecule has 0 N–H and O–H groups in total. The van der Waals surface area contributed by atoms with Crippen molar-refractivity contribution in [1.82, 2.24) is 0 Å². The number of ether oxygens (including phenoxy) is 1. The van der Waals surface area contributed by atoms with Gasteiger partial charge in [0.15, 0.2) is 0 Å². The first kappa shape index (κ1) is 21.2. The SMILES string of the molecule is C=C(C)C(=O)OCC(C)C(C)CCCCCCCCCCC. The summed E-state index contributed by atoms with van der Waals surface area (Å²) < 4.78 is 5.24. The van der Waals surface area contributed by atoms with Crippen molar-refractivity contribution in [2.24, 2.45) is 11.8 Å². The maximum absolute atomic E-state index is 11.4. The van der Waals surface area contributed by atoms with E-state index in [1.54, 1.807) is 6.92 Å². The van der Waals surface area contributed by atoms with E-state index in [2.05, 4.69) is 27.4 Å². The molecule has 0 radical (unpaired) electrons. The van der Waals surface area contributed by atoms with Crippen molar-refractivity contribution in [3.05, 3.63) is 12.2 Å². The van der Waals surface area contributed by atoms with Gasteiger partial charge in [-0.15, -0.1) is 0 Å². The lowest BCUT2D eigenvalue weighted by atomic mass is 9.91. The molecule has 0 aromatic carbocycles. The molecule has 22 heavy (non-hydrogen) atoms. The molecule has 0 spiro atoms. The number of carbonyl (C=O) groups excluding carboxylic acids is 1. The minimum Gasteiger partial charge on any atom is -0.462 e. The summed E-state index contributed by atoms with van der Waals surface area (Å²) in [6.45, 7) is 12.5. The first-order valence-electron chi connectivity index (χ1n) is 9.31. The number of hydrogen-bond acceptors (Lipinski definition) is 2. The van der Waals surface area contributed by atoms with Gasteiger partial charge in [0.2, 0.25) is 0 Å². The standard InChI is InChI=1S/C20H38O2/c1-6-7-8-9-10-11-12-13-14-15-18(4)19(5)16-22-20(21)17(2)3/h18-19H,2,6-16H2,1,3-5H3. The number of carbonyl (C=O) groups is 1. The van der Waals surface area contributed by atoms with E-state index in [1.165, 1.54) is 64.2 Å². The van der Waals surface area contributed by atoms with Gasteiger partial charge in [-0.25, -0.2) is 4.79 Å². The Morgan fingerprint density at radius 2 is 1.41 bits per heavy atom. The topological polar surface area (TPSA) is 26.3 Å². The zero-order valence-corrected chi connectivity index (χ0v) is 15.5. The van der Waals surface area contributed by atoms with Crippen molar-refractivity contribution < 1.29 is 9.53 Å². The fourth-order valence-electron chi connectivity index (χ4n) is 2.56. The highest BCUT2D eigenvalue weighted by Gasteiger charge is 2.14. The average molecular weight is 311 g/mol. The van der Waals surface area contributed by atoms with Crippen LogP contribution in [-0.2, 0) is 9.53 Å². The molecule has 0 aliphatic rings. The van der Waals surface area contributed by atoms with Gasteiger partial charge in [-0.1, -0.05) is 91.6 Å². The van der Waals surface area contributed by atoms with E-state index in [0.717, 1.165) is 0 Å². The predicted molar refractivity (Wildman–Crippen MR) is 95.9 cm³/mol. The minimum absolute atomic E-state index is 0.262. The molecule has 0 fully saturated rings. The summed E-state index contributed by atoms with van der Waals surface area (Å²) in [7, 11) is 0. The van der Waals surface area contributed by atoms with Crippen LogP contribution in [-0.4, -0.2) is 12.6 Å². The molecule has 0 heterocycles. The van der Waals surface area contributed by atoms with E-state index in [-0.39, 0.29) is 5.97 Å². The van der Waals surface area contributed by atoms with Crippen molar-refractivity contribution in [3.8, 4) is 0 Å². The zero-order valence-electron chi connectivity index (χ0n) is 15.5. The Balaban J connectivity index is 3.49. The quantitative estimate of drug-likeness (QED) is 0.214. The van der Waals surface area contributed by atoms with Crippen LogP contribution in [0.4, 0.5) is 0 Å². The molecule has 0 rings (SSSR count). The third-order valence-electron chi connectivity index (χ3n) is 4.56. The molecule has 0 saturated heterocycles. The summed E-state index contributed by atoms with van der Waals surface area (Å²) >= 11 is 0. The maximum Gasteiger partial charge on any atom is 0.333 e. The number of rotatable bonds is 14. The summed E-state index contributed by atoms with van der Waals surface area (Å²) in [4.78, 5) is 11.4. The Hall–Kier alpha value is -0.790. The van der Waals surface area contributed by atoms with E-state index in [4.69, 9.17) is 4.74 Å². The Morgan fingerprint density at radius 3 is 1.91 bits per heavy atom.